The van der Waals surface area contributed by atoms with Crippen LogP contribution in [-0.4, -0.2) is 37.9 Å². The molecule has 0 bridgehead atoms. The maximum Gasteiger partial charge on any atom is 0.151 e. The minimum atomic E-state index is -3.04. The monoisotopic (exact) mass is 307 g/mol. The second kappa shape index (κ2) is 6.68. The number of sulfone groups is 1. The number of rotatable bonds is 6. The van der Waals surface area contributed by atoms with Crippen molar-refractivity contribution in [2.24, 2.45) is 0 Å². The maximum absolute atomic E-state index is 13.6. The van der Waals surface area contributed by atoms with Crippen LogP contribution in [0.2, 0.25) is 5.02 Å². The van der Waals surface area contributed by atoms with Gasteiger partial charge >= 0.3 is 0 Å². The van der Waals surface area contributed by atoms with Crippen LogP contribution in [0.1, 0.15) is 19.4 Å². The summed E-state index contributed by atoms with van der Waals surface area (Å²) in [5, 5.41) is 0.359. The van der Waals surface area contributed by atoms with E-state index in [2.05, 4.69) is 0 Å². The van der Waals surface area contributed by atoms with Crippen LogP contribution in [0.4, 0.5) is 4.39 Å². The minimum absolute atomic E-state index is 0.0616. The summed E-state index contributed by atoms with van der Waals surface area (Å²) in [7, 11) is -1.28. The molecular weight excluding hydrogens is 289 g/mol. The summed E-state index contributed by atoms with van der Waals surface area (Å²) >= 11 is 5.95. The van der Waals surface area contributed by atoms with Crippen LogP contribution < -0.4 is 0 Å². The molecular formula is C13H19ClFNO2S. The van der Waals surface area contributed by atoms with Crippen molar-refractivity contribution in [2.45, 2.75) is 26.4 Å². The van der Waals surface area contributed by atoms with Gasteiger partial charge in [-0.25, -0.2) is 12.8 Å². The van der Waals surface area contributed by atoms with Crippen molar-refractivity contribution in [3.05, 3.63) is 34.6 Å². The highest BCUT2D eigenvalue weighted by Gasteiger charge is 2.19. The quantitative estimate of drug-likeness (QED) is 0.811. The molecule has 3 nitrogen and oxygen atoms in total. The number of benzene rings is 1. The zero-order valence-corrected chi connectivity index (χ0v) is 12.9. The van der Waals surface area contributed by atoms with E-state index in [1.807, 2.05) is 6.92 Å². The third kappa shape index (κ3) is 4.75. The Balaban J connectivity index is 2.77. The molecule has 0 radical (unpaired) electrons. The Hall–Kier alpha value is -0.650. The molecule has 1 unspecified atom stereocenters. The molecule has 0 saturated heterocycles. The fourth-order valence-electron chi connectivity index (χ4n) is 1.70. The van der Waals surface area contributed by atoms with Gasteiger partial charge in [0.15, 0.2) is 9.84 Å². The first-order chi connectivity index (χ1) is 8.76. The predicted molar refractivity (Wildman–Crippen MR) is 76.7 cm³/mol. The molecule has 1 rings (SSSR count). The first-order valence-corrected chi connectivity index (χ1v) is 8.30. The van der Waals surface area contributed by atoms with Gasteiger partial charge in [-0.3, -0.25) is 4.90 Å². The molecule has 108 valence electrons. The molecule has 0 saturated carbocycles. The molecule has 1 aromatic carbocycles. The van der Waals surface area contributed by atoms with Crippen LogP contribution in [-0.2, 0) is 16.4 Å². The van der Waals surface area contributed by atoms with E-state index in [1.54, 1.807) is 31.0 Å². The molecule has 6 heteroatoms. The van der Waals surface area contributed by atoms with Gasteiger partial charge in [0.05, 0.1) is 5.75 Å². The molecule has 0 aliphatic heterocycles. The zero-order chi connectivity index (χ0) is 14.6. The van der Waals surface area contributed by atoms with Gasteiger partial charge in [-0.2, -0.15) is 0 Å². The first kappa shape index (κ1) is 16.4. The van der Waals surface area contributed by atoms with Crippen molar-refractivity contribution in [1.29, 1.82) is 0 Å². The van der Waals surface area contributed by atoms with Crippen molar-refractivity contribution in [2.75, 3.05) is 18.6 Å². The lowest BCUT2D eigenvalue weighted by molar-refractivity contribution is 0.263. The zero-order valence-electron chi connectivity index (χ0n) is 11.4. The number of halogens is 2. The standard InChI is InChI=1S/C13H19ClFNO2S/c1-4-19(17,18)9-10(2)16(3)8-11-12(14)6-5-7-13(11)15/h5-7,10H,4,8-9H2,1-3H3. The molecule has 0 spiro atoms. The van der Waals surface area contributed by atoms with Crippen molar-refractivity contribution in [3.63, 3.8) is 0 Å². The summed E-state index contributed by atoms with van der Waals surface area (Å²) in [6.45, 7) is 3.71. The highest BCUT2D eigenvalue weighted by Crippen LogP contribution is 2.21. The van der Waals surface area contributed by atoms with E-state index in [0.717, 1.165) is 0 Å². The second-order valence-electron chi connectivity index (χ2n) is 4.66. The van der Waals surface area contributed by atoms with Crippen molar-refractivity contribution >= 4 is 21.4 Å². The van der Waals surface area contributed by atoms with Crippen molar-refractivity contribution in [3.8, 4) is 0 Å². The summed E-state index contributed by atoms with van der Waals surface area (Å²) < 4.78 is 36.8. The molecule has 1 aromatic rings. The van der Waals surface area contributed by atoms with E-state index in [1.165, 1.54) is 6.07 Å². The van der Waals surface area contributed by atoms with Gasteiger partial charge in [0.2, 0.25) is 0 Å². The van der Waals surface area contributed by atoms with Crippen LogP contribution in [0.5, 0.6) is 0 Å². The van der Waals surface area contributed by atoms with Crippen LogP contribution >= 0.6 is 11.6 Å². The van der Waals surface area contributed by atoms with Gasteiger partial charge in [-0.05, 0) is 26.1 Å². The highest BCUT2D eigenvalue weighted by molar-refractivity contribution is 7.91. The van der Waals surface area contributed by atoms with E-state index in [0.29, 0.717) is 10.6 Å². The average molecular weight is 308 g/mol. The van der Waals surface area contributed by atoms with E-state index < -0.39 is 9.84 Å². The molecule has 1 atom stereocenters. The van der Waals surface area contributed by atoms with E-state index in [9.17, 15) is 12.8 Å². The molecule has 0 fully saturated rings. The van der Waals surface area contributed by atoms with Crippen LogP contribution in [0.15, 0.2) is 18.2 Å². The molecule has 0 N–H and O–H groups in total. The van der Waals surface area contributed by atoms with Crippen LogP contribution in [0.25, 0.3) is 0 Å². The minimum Gasteiger partial charge on any atom is -0.298 e. The Morgan fingerprint density at radius 2 is 2.05 bits per heavy atom. The Bertz CT molecular complexity index is 513. The third-order valence-corrected chi connectivity index (χ3v) is 5.38. The summed E-state index contributed by atoms with van der Waals surface area (Å²) in [4.78, 5) is 1.79. The smallest absolute Gasteiger partial charge is 0.151 e. The predicted octanol–water partition coefficient (Wildman–Crippen LogP) is 2.73. The Labute approximate surface area is 119 Å². The summed E-state index contributed by atoms with van der Waals surface area (Å²) in [6, 6.07) is 4.33. The normalized spacial score (nSPS) is 13.8. The Kier molecular flexibility index (Phi) is 5.77. The SMILES string of the molecule is CCS(=O)(=O)CC(C)N(C)Cc1c(F)cccc1Cl. The summed E-state index contributed by atoms with van der Waals surface area (Å²) in [5.74, 6) is -0.192. The van der Waals surface area contributed by atoms with E-state index in [4.69, 9.17) is 11.6 Å². The number of hydrogen-bond donors (Lipinski definition) is 0. The Morgan fingerprint density at radius 1 is 1.42 bits per heavy atom. The first-order valence-electron chi connectivity index (χ1n) is 6.10. The van der Waals surface area contributed by atoms with Crippen molar-refractivity contribution < 1.29 is 12.8 Å². The fraction of sp³-hybridized carbons (Fsp3) is 0.538. The van der Waals surface area contributed by atoms with Gasteiger partial charge in [-0.15, -0.1) is 0 Å². The summed E-state index contributed by atoms with van der Waals surface area (Å²) in [6.07, 6.45) is 0. The molecule has 19 heavy (non-hydrogen) atoms. The van der Waals surface area contributed by atoms with E-state index in [-0.39, 0.29) is 29.9 Å². The van der Waals surface area contributed by atoms with E-state index >= 15 is 0 Å². The number of hydrogen-bond acceptors (Lipinski definition) is 3. The summed E-state index contributed by atoms with van der Waals surface area (Å²) in [5.41, 5.74) is 0.396. The lowest BCUT2D eigenvalue weighted by atomic mass is 10.2. The van der Waals surface area contributed by atoms with Gasteiger partial charge in [-0.1, -0.05) is 24.6 Å². The van der Waals surface area contributed by atoms with Gasteiger partial charge in [0, 0.05) is 28.9 Å². The van der Waals surface area contributed by atoms with Gasteiger partial charge in [0.1, 0.15) is 5.82 Å². The molecule has 0 aliphatic carbocycles. The Morgan fingerprint density at radius 3 is 2.58 bits per heavy atom. The van der Waals surface area contributed by atoms with Gasteiger partial charge in [0.25, 0.3) is 0 Å². The lowest BCUT2D eigenvalue weighted by Crippen LogP contribution is -2.35. The molecule has 0 aromatic heterocycles. The topological polar surface area (TPSA) is 37.4 Å². The maximum atomic E-state index is 13.6. The van der Waals surface area contributed by atoms with Gasteiger partial charge < -0.3 is 0 Å². The molecule has 0 aliphatic rings. The fourth-order valence-corrected chi connectivity index (χ4v) is 3.15. The van der Waals surface area contributed by atoms with Crippen molar-refractivity contribution in [1.82, 2.24) is 4.90 Å². The molecule has 0 amide bonds. The highest BCUT2D eigenvalue weighted by atomic mass is 35.5. The largest absolute Gasteiger partial charge is 0.298 e. The van der Waals surface area contributed by atoms with Crippen LogP contribution in [0, 0.1) is 5.82 Å². The number of nitrogens with zero attached hydrogens (tertiary/aromatic N) is 1. The lowest BCUT2D eigenvalue weighted by Gasteiger charge is -2.25. The van der Waals surface area contributed by atoms with Crippen LogP contribution in [0.3, 0.4) is 0 Å². The third-order valence-electron chi connectivity index (χ3n) is 3.16. The average Bonchev–Trinajstić information content (AvgIpc) is 2.33. The molecule has 0 heterocycles. The second-order valence-corrected chi connectivity index (χ2v) is 7.47.